The molecule has 0 saturated carbocycles. The van der Waals surface area contributed by atoms with Crippen LogP contribution in [-0.2, 0) is 9.53 Å². The maximum absolute atomic E-state index is 12.3. The Balaban J connectivity index is 2.80. The van der Waals surface area contributed by atoms with Crippen LogP contribution in [0.5, 0.6) is 0 Å². The maximum Gasteiger partial charge on any atom is 0.325 e. The Morgan fingerprint density at radius 3 is 2.58 bits per heavy atom. The van der Waals surface area contributed by atoms with E-state index in [1.165, 1.54) is 16.2 Å². The molecular formula is C13H18BrNO3S. The molecule has 0 N–H and O–H groups in total. The number of amides is 1. The number of carbonyl (C=O) groups excluding carboxylic acids is 2. The standard InChI is InChI=1S/C13H18BrNO3S/c1-4-6-15(8-11(16)18-5-2)13(17)10-7-9(3)12(14)19-10/h7H,4-6,8H2,1-3H3. The average Bonchev–Trinajstić information content (AvgIpc) is 2.68. The summed E-state index contributed by atoms with van der Waals surface area (Å²) < 4.78 is 5.84. The minimum atomic E-state index is -0.364. The summed E-state index contributed by atoms with van der Waals surface area (Å²) in [5.41, 5.74) is 1.03. The summed E-state index contributed by atoms with van der Waals surface area (Å²) in [6.45, 7) is 6.55. The van der Waals surface area contributed by atoms with Gasteiger partial charge in [-0.2, -0.15) is 0 Å². The lowest BCUT2D eigenvalue weighted by Crippen LogP contribution is -2.36. The molecule has 4 nitrogen and oxygen atoms in total. The normalized spacial score (nSPS) is 10.3. The molecule has 1 amide bonds. The van der Waals surface area contributed by atoms with Crippen molar-refractivity contribution in [2.45, 2.75) is 27.2 Å². The Bertz CT molecular complexity index is 439. The molecule has 0 radical (unpaired) electrons. The highest BCUT2D eigenvalue weighted by atomic mass is 79.9. The predicted octanol–water partition coefficient (Wildman–Crippen LogP) is 3.23. The van der Waals surface area contributed by atoms with E-state index in [9.17, 15) is 9.59 Å². The number of hydrogen-bond donors (Lipinski definition) is 0. The first kappa shape index (κ1) is 16.2. The first-order valence-electron chi connectivity index (χ1n) is 6.20. The lowest BCUT2D eigenvalue weighted by molar-refractivity contribution is -0.143. The van der Waals surface area contributed by atoms with E-state index in [1.54, 1.807) is 6.92 Å². The van der Waals surface area contributed by atoms with E-state index in [0.29, 0.717) is 18.0 Å². The second-order valence-corrected chi connectivity index (χ2v) is 6.47. The van der Waals surface area contributed by atoms with Gasteiger partial charge in [-0.15, -0.1) is 11.3 Å². The van der Waals surface area contributed by atoms with E-state index >= 15 is 0 Å². The minimum Gasteiger partial charge on any atom is -0.465 e. The second-order valence-electron chi connectivity index (χ2n) is 4.10. The Morgan fingerprint density at radius 1 is 1.42 bits per heavy atom. The third-order valence-electron chi connectivity index (χ3n) is 2.47. The Kier molecular flexibility index (Phi) is 6.51. The summed E-state index contributed by atoms with van der Waals surface area (Å²) in [5, 5.41) is 0. The van der Waals surface area contributed by atoms with Gasteiger partial charge in [0.15, 0.2) is 0 Å². The first-order valence-corrected chi connectivity index (χ1v) is 7.81. The van der Waals surface area contributed by atoms with Gasteiger partial charge in [-0.1, -0.05) is 6.92 Å². The number of thiophene rings is 1. The minimum absolute atomic E-state index is 0.00901. The van der Waals surface area contributed by atoms with Gasteiger partial charge in [0, 0.05) is 6.54 Å². The summed E-state index contributed by atoms with van der Waals surface area (Å²) in [4.78, 5) is 26.0. The van der Waals surface area contributed by atoms with E-state index in [2.05, 4.69) is 15.9 Å². The van der Waals surface area contributed by atoms with Gasteiger partial charge in [0.1, 0.15) is 6.54 Å². The number of halogens is 1. The lowest BCUT2D eigenvalue weighted by Gasteiger charge is -2.20. The van der Waals surface area contributed by atoms with Crippen molar-refractivity contribution in [3.8, 4) is 0 Å². The van der Waals surface area contributed by atoms with Gasteiger partial charge in [0.25, 0.3) is 5.91 Å². The number of nitrogens with zero attached hydrogens (tertiary/aromatic N) is 1. The fourth-order valence-corrected chi connectivity index (χ4v) is 3.11. The highest BCUT2D eigenvalue weighted by Crippen LogP contribution is 2.28. The predicted molar refractivity (Wildman–Crippen MR) is 79.6 cm³/mol. The van der Waals surface area contributed by atoms with Crippen LogP contribution in [0.1, 0.15) is 35.5 Å². The summed E-state index contributed by atoms with van der Waals surface area (Å²) in [7, 11) is 0. The Hall–Kier alpha value is -0.880. The zero-order valence-electron chi connectivity index (χ0n) is 11.4. The molecule has 1 rings (SSSR count). The van der Waals surface area contributed by atoms with Crippen molar-refractivity contribution in [3.63, 3.8) is 0 Å². The van der Waals surface area contributed by atoms with Gasteiger partial charge < -0.3 is 9.64 Å². The highest BCUT2D eigenvalue weighted by Gasteiger charge is 2.21. The average molecular weight is 348 g/mol. The van der Waals surface area contributed by atoms with Crippen LogP contribution in [0.2, 0.25) is 0 Å². The molecule has 0 aliphatic carbocycles. The molecule has 0 saturated heterocycles. The van der Waals surface area contributed by atoms with Crippen molar-refractivity contribution >= 4 is 39.1 Å². The SMILES string of the molecule is CCCN(CC(=O)OCC)C(=O)c1cc(C)c(Br)s1. The van der Waals surface area contributed by atoms with Gasteiger partial charge in [-0.05, 0) is 47.8 Å². The number of ether oxygens (including phenoxy) is 1. The number of hydrogen-bond acceptors (Lipinski definition) is 4. The van der Waals surface area contributed by atoms with E-state index in [4.69, 9.17) is 4.74 Å². The molecule has 0 aliphatic rings. The Morgan fingerprint density at radius 2 is 2.11 bits per heavy atom. The number of carbonyl (C=O) groups is 2. The van der Waals surface area contributed by atoms with Crippen LogP contribution in [0.4, 0.5) is 0 Å². The molecule has 0 bridgehead atoms. The van der Waals surface area contributed by atoms with E-state index in [-0.39, 0.29) is 18.4 Å². The number of esters is 1. The van der Waals surface area contributed by atoms with Crippen molar-refractivity contribution in [2.75, 3.05) is 19.7 Å². The molecule has 1 aromatic rings. The van der Waals surface area contributed by atoms with Crippen molar-refractivity contribution in [2.24, 2.45) is 0 Å². The molecule has 6 heteroatoms. The number of aryl methyl sites for hydroxylation is 1. The quantitative estimate of drug-likeness (QED) is 0.742. The molecule has 1 heterocycles. The van der Waals surface area contributed by atoms with E-state index < -0.39 is 0 Å². The van der Waals surface area contributed by atoms with Crippen molar-refractivity contribution in [1.82, 2.24) is 4.90 Å². The summed E-state index contributed by atoms with van der Waals surface area (Å²) in [6.07, 6.45) is 0.802. The Labute approximate surface area is 125 Å². The maximum atomic E-state index is 12.3. The molecule has 0 atom stereocenters. The molecule has 19 heavy (non-hydrogen) atoms. The van der Waals surface area contributed by atoms with Crippen molar-refractivity contribution in [3.05, 3.63) is 20.3 Å². The van der Waals surface area contributed by atoms with Gasteiger partial charge in [-0.25, -0.2) is 0 Å². The van der Waals surface area contributed by atoms with Crippen LogP contribution < -0.4 is 0 Å². The van der Waals surface area contributed by atoms with Gasteiger partial charge in [0.2, 0.25) is 0 Å². The van der Waals surface area contributed by atoms with E-state index in [1.807, 2.05) is 19.9 Å². The fourth-order valence-electron chi connectivity index (χ4n) is 1.61. The topological polar surface area (TPSA) is 46.6 Å². The van der Waals surface area contributed by atoms with Crippen LogP contribution in [0.25, 0.3) is 0 Å². The monoisotopic (exact) mass is 347 g/mol. The van der Waals surface area contributed by atoms with Gasteiger partial charge in [0.05, 0.1) is 15.3 Å². The van der Waals surface area contributed by atoms with Crippen LogP contribution in [0, 0.1) is 6.92 Å². The summed E-state index contributed by atoms with van der Waals surface area (Å²) in [5.74, 6) is -0.481. The summed E-state index contributed by atoms with van der Waals surface area (Å²) >= 11 is 4.79. The molecule has 0 fully saturated rings. The molecule has 0 aromatic carbocycles. The van der Waals surface area contributed by atoms with Crippen LogP contribution in [-0.4, -0.2) is 36.5 Å². The molecule has 0 unspecified atom stereocenters. The highest BCUT2D eigenvalue weighted by molar-refractivity contribution is 9.11. The largest absolute Gasteiger partial charge is 0.465 e. The molecule has 1 aromatic heterocycles. The van der Waals surface area contributed by atoms with Crippen LogP contribution in [0.3, 0.4) is 0 Å². The third kappa shape index (κ3) is 4.62. The number of rotatable bonds is 6. The van der Waals surface area contributed by atoms with Crippen LogP contribution >= 0.6 is 27.3 Å². The first-order chi connectivity index (χ1) is 8.99. The van der Waals surface area contributed by atoms with Gasteiger partial charge >= 0.3 is 5.97 Å². The molecular weight excluding hydrogens is 330 g/mol. The smallest absolute Gasteiger partial charge is 0.325 e. The second kappa shape index (κ2) is 7.65. The lowest BCUT2D eigenvalue weighted by atomic mass is 10.3. The zero-order chi connectivity index (χ0) is 14.4. The van der Waals surface area contributed by atoms with Gasteiger partial charge in [-0.3, -0.25) is 9.59 Å². The zero-order valence-corrected chi connectivity index (χ0v) is 13.8. The van der Waals surface area contributed by atoms with Crippen molar-refractivity contribution < 1.29 is 14.3 Å². The fraction of sp³-hybridized carbons (Fsp3) is 0.538. The third-order valence-corrected chi connectivity index (χ3v) is 4.60. The molecule has 106 valence electrons. The van der Waals surface area contributed by atoms with Crippen LogP contribution in [0.15, 0.2) is 9.85 Å². The van der Waals surface area contributed by atoms with E-state index in [0.717, 1.165) is 15.8 Å². The molecule has 0 aliphatic heterocycles. The molecule has 0 spiro atoms. The summed E-state index contributed by atoms with van der Waals surface area (Å²) in [6, 6.07) is 1.84. The van der Waals surface area contributed by atoms with Crippen molar-refractivity contribution in [1.29, 1.82) is 0 Å².